The van der Waals surface area contributed by atoms with Gasteiger partial charge in [-0.15, -0.1) is 12.4 Å². The van der Waals surface area contributed by atoms with Crippen LogP contribution in [0.5, 0.6) is 0 Å². The maximum Gasteiger partial charge on any atom is 0.498 e. The maximum absolute atomic E-state index is 9.08. The highest BCUT2D eigenvalue weighted by molar-refractivity contribution is 6.62. The van der Waals surface area contributed by atoms with Gasteiger partial charge in [0.1, 0.15) is 5.54 Å². The molecule has 1 aromatic rings. The lowest BCUT2D eigenvalue weighted by Gasteiger charge is -2.41. The predicted molar refractivity (Wildman–Crippen MR) is 91.0 cm³/mol. The van der Waals surface area contributed by atoms with E-state index in [-0.39, 0.29) is 29.1 Å². The molecule has 8 heteroatoms. The van der Waals surface area contributed by atoms with Crippen molar-refractivity contribution in [3.05, 3.63) is 11.9 Å². The van der Waals surface area contributed by atoms with Gasteiger partial charge in [0.2, 0.25) is 0 Å². The summed E-state index contributed by atoms with van der Waals surface area (Å²) in [5.74, 6) is 0. The van der Waals surface area contributed by atoms with Gasteiger partial charge in [0.25, 0.3) is 0 Å². The third-order valence-corrected chi connectivity index (χ3v) is 5.25. The van der Waals surface area contributed by atoms with Crippen LogP contribution < -0.4 is 10.8 Å². The van der Waals surface area contributed by atoms with E-state index in [0.29, 0.717) is 6.42 Å². The van der Waals surface area contributed by atoms with Gasteiger partial charge in [0, 0.05) is 24.7 Å². The Morgan fingerprint density at radius 3 is 2.30 bits per heavy atom. The first-order valence-electron chi connectivity index (χ1n) is 7.71. The van der Waals surface area contributed by atoms with E-state index < -0.39 is 7.12 Å². The zero-order chi connectivity index (χ0) is 16.2. The van der Waals surface area contributed by atoms with Crippen LogP contribution in [-0.2, 0) is 14.8 Å². The molecule has 1 N–H and O–H groups in total. The van der Waals surface area contributed by atoms with Crippen molar-refractivity contribution < 1.29 is 9.31 Å². The first kappa shape index (κ1) is 18.3. The summed E-state index contributed by atoms with van der Waals surface area (Å²) in [4.78, 5) is 0. The van der Waals surface area contributed by atoms with Crippen molar-refractivity contribution in [3.8, 4) is 6.07 Å². The van der Waals surface area contributed by atoms with Gasteiger partial charge < -0.3 is 14.6 Å². The Kier molecular flexibility index (Phi) is 4.59. The van der Waals surface area contributed by atoms with Gasteiger partial charge in [0.15, 0.2) is 0 Å². The number of aromatic nitrogens is 2. The van der Waals surface area contributed by atoms with Gasteiger partial charge in [-0.2, -0.15) is 10.4 Å². The Hall–Kier alpha value is -1.07. The number of aryl methyl sites for hydroxylation is 1. The molecule has 2 aliphatic rings. The third-order valence-electron chi connectivity index (χ3n) is 5.25. The van der Waals surface area contributed by atoms with Crippen molar-refractivity contribution >= 4 is 25.0 Å². The minimum Gasteiger partial charge on any atom is -0.399 e. The summed E-state index contributed by atoms with van der Waals surface area (Å²) in [5, 5.41) is 16.9. The molecule has 2 fully saturated rings. The van der Waals surface area contributed by atoms with Crippen LogP contribution in [0, 0.1) is 18.3 Å². The van der Waals surface area contributed by atoms with Crippen molar-refractivity contribution in [1.29, 1.82) is 5.26 Å². The van der Waals surface area contributed by atoms with E-state index in [1.807, 2.05) is 45.5 Å². The highest BCUT2D eigenvalue weighted by Crippen LogP contribution is 2.36. The van der Waals surface area contributed by atoms with Crippen LogP contribution in [-0.4, -0.2) is 41.2 Å². The fourth-order valence-electron chi connectivity index (χ4n) is 2.85. The molecule has 126 valence electrons. The monoisotopic (exact) mass is 338 g/mol. The topological polar surface area (TPSA) is 72.1 Å². The highest BCUT2D eigenvalue weighted by Gasteiger charge is 2.53. The van der Waals surface area contributed by atoms with Crippen LogP contribution >= 0.6 is 12.4 Å². The number of rotatable bonds is 3. The molecule has 0 unspecified atom stereocenters. The predicted octanol–water partition coefficient (Wildman–Crippen LogP) is 1.12. The summed E-state index contributed by atoms with van der Waals surface area (Å²) in [6.45, 7) is 11.7. The Balaban J connectivity index is 0.00000192. The second kappa shape index (κ2) is 5.78. The molecule has 2 aliphatic heterocycles. The lowest BCUT2D eigenvalue weighted by atomic mass is 9.79. The number of halogens is 1. The average molecular weight is 339 g/mol. The minimum absolute atomic E-state index is 0. The summed E-state index contributed by atoms with van der Waals surface area (Å²) in [6, 6.07) is 2.27. The third kappa shape index (κ3) is 2.78. The summed E-state index contributed by atoms with van der Waals surface area (Å²) in [6.07, 6.45) is 2.43. The molecule has 0 amide bonds. The summed E-state index contributed by atoms with van der Waals surface area (Å²) >= 11 is 0. The molecular weight excluding hydrogens is 314 g/mol. The van der Waals surface area contributed by atoms with Crippen LogP contribution in [0.25, 0.3) is 0 Å². The first-order valence-corrected chi connectivity index (χ1v) is 7.71. The molecule has 6 nitrogen and oxygen atoms in total. The van der Waals surface area contributed by atoms with Crippen LogP contribution in [0.4, 0.5) is 0 Å². The van der Waals surface area contributed by atoms with Gasteiger partial charge >= 0.3 is 7.12 Å². The van der Waals surface area contributed by atoms with Crippen LogP contribution in [0.15, 0.2) is 6.20 Å². The molecule has 0 aliphatic carbocycles. The standard InChI is InChI=1S/C15H23BN4O2.ClH/c1-11-12(16-21-13(2,3)14(4,5)22-16)8-20(19-11)15(6-7-17)9-18-10-15;/h8,18H,6,9-10H2,1-5H3;1H. The van der Waals surface area contributed by atoms with Crippen LogP contribution in [0.2, 0.25) is 0 Å². The largest absolute Gasteiger partial charge is 0.498 e. The molecular formula is C15H24BClN4O2. The van der Waals surface area contributed by atoms with E-state index in [1.54, 1.807) is 0 Å². The van der Waals surface area contributed by atoms with Crippen molar-refractivity contribution in [3.63, 3.8) is 0 Å². The van der Waals surface area contributed by atoms with Gasteiger partial charge in [-0.05, 0) is 34.6 Å². The minimum atomic E-state index is -0.411. The molecule has 3 rings (SSSR count). The van der Waals surface area contributed by atoms with E-state index >= 15 is 0 Å². The molecule has 0 atom stereocenters. The number of nitrogens with one attached hydrogen (secondary N) is 1. The molecule has 3 heterocycles. The second-order valence-corrected chi connectivity index (χ2v) is 7.37. The summed E-state index contributed by atoms with van der Waals surface area (Å²) in [7, 11) is -0.411. The van der Waals surface area contributed by atoms with Crippen molar-refractivity contribution in [1.82, 2.24) is 15.1 Å². The number of hydrogen-bond acceptors (Lipinski definition) is 5. The highest BCUT2D eigenvalue weighted by atomic mass is 35.5. The SMILES string of the molecule is Cc1nn(C2(CC#N)CNC2)cc1B1OC(C)(C)C(C)(C)O1.Cl. The van der Waals surface area contributed by atoms with Crippen molar-refractivity contribution in [2.45, 2.75) is 57.8 Å². The van der Waals surface area contributed by atoms with Gasteiger partial charge in [0.05, 0.1) is 29.4 Å². The molecule has 0 spiro atoms. The van der Waals surface area contributed by atoms with Crippen LogP contribution in [0.1, 0.15) is 39.8 Å². The zero-order valence-electron chi connectivity index (χ0n) is 14.3. The summed E-state index contributed by atoms with van der Waals surface area (Å²) < 4.78 is 14.1. The molecule has 2 saturated heterocycles. The molecule has 23 heavy (non-hydrogen) atoms. The Bertz CT molecular complexity index is 618. The van der Waals surface area contributed by atoms with Gasteiger partial charge in [-0.3, -0.25) is 4.68 Å². The molecule has 0 aromatic carbocycles. The maximum atomic E-state index is 9.08. The average Bonchev–Trinajstić information content (AvgIpc) is 2.83. The normalized spacial score (nSPS) is 23.7. The first-order chi connectivity index (χ1) is 10.2. The zero-order valence-corrected chi connectivity index (χ0v) is 15.2. The molecule has 1 aromatic heterocycles. The van der Waals surface area contributed by atoms with Gasteiger partial charge in [-0.25, -0.2) is 0 Å². The molecule has 0 radical (unpaired) electrons. The van der Waals surface area contributed by atoms with Crippen LogP contribution in [0.3, 0.4) is 0 Å². The number of nitriles is 1. The summed E-state index contributed by atoms with van der Waals surface area (Å²) in [5.41, 5.74) is 0.871. The van der Waals surface area contributed by atoms with Crippen molar-refractivity contribution in [2.24, 2.45) is 0 Å². The number of nitrogens with zero attached hydrogens (tertiary/aromatic N) is 3. The Labute approximate surface area is 144 Å². The van der Waals surface area contributed by atoms with E-state index in [2.05, 4.69) is 16.5 Å². The Morgan fingerprint density at radius 1 is 1.30 bits per heavy atom. The second-order valence-electron chi connectivity index (χ2n) is 7.37. The smallest absolute Gasteiger partial charge is 0.399 e. The van der Waals surface area contributed by atoms with E-state index in [9.17, 15) is 0 Å². The molecule has 0 bridgehead atoms. The van der Waals surface area contributed by atoms with E-state index in [1.165, 1.54) is 0 Å². The Morgan fingerprint density at radius 2 is 1.87 bits per heavy atom. The fraction of sp³-hybridized carbons (Fsp3) is 0.733. The van der Waals surface area contributed by atoms with Crippen molar-refractivity contribution in [2.75, 3.05) is 13.1 Å². The van der Waals surface area contributed by atoms with Gasteiger partial charge in [-0.1, -0.05) is 0 Å². The lowest BCUT2D eigenvalue weighted by molar-refractivity contribution is 0.00578. The van der Waals surface area contributed by atoms with E-state index in [4.69, 9.17) is 14.6 Å². The quantitative estimate of drug-likeness (QED) is 0.836. The fourth-order valence-corrected chi connectivity index (χ4v) is 2.85. The van der Waals surface area contributed by atoms with E-state index in [0.717, 1.165) is 24.2 Å². The number of hydrogen-bond donors (Lipinski definition) is 1. The molecule has 0 saturated carbocycles. The lowest BCUT2D eigenvalue weighted by Crippen LogP contribution is -2.60.